The van der Waals surface area contributed by atoms with Crippen molar-refractivity contribution in [3.8, 4) is 5.75 Å². The van der Waals surface area contributed by atoms with E-state index in [9.17, 15) is 9.18 Å². The van der Waals surface area contributed by atoms with Crippen LogP contribution in [0.15, 0.2) is 58.9 Å². The number of rotatable bonds is 7. The van der Waals surface area contributed by atoms with Gasteiger partial charge in [0.25, 0.3) is 0 Å². The fourth-order valence-electron chi connectivity index (χ4n) is 2.14. The lowest BCUT2D eigenvalue weighted by atomic mass is 10.2. The molecule has 138 valence electrons. The van der Waals surface area contributed by atoms with Crippen LogP contribution in [0.4, 0.5) is 9.52 Å². The summed E-state index contributed by atoms with van der Waals surface area (Å²) in [4.78, 5) is 12.0. The standard InChI is InChI=1S/C19H16FN3O2S2/c1-25-15-7-4-5-13(11-15)9-10-17(24)21-18-22-23-19(27-18)26-12-14-6-2-3-8-16(14)20/h2-11H,12H2,1H3,(H,21,22,24)/b10-9+. The molecule has 0 unspecified atom stereocenters. The largest absolute Gasteiger partial charge is 0.497 e. The van der Waals surface area contributed by atoms with Gasteiger partial charge in [0, 0.05) is 11.8 Å². The Hall–Kier alpha value is -2.71. The number of benzene rings is 2. The molecule has 0 saturated heterocycles. The predicted octanol–water partition coefficient (Wildman–Crippen LogP) is 4.63. The first kappa shape index (κ1) is 19.1. The Balaban J connectivity index is 1.54. The monoisotopic (exact) mass is 401 g/mol. The molecule has 1 aromatic heterocycles. The second-order valence-electron chi connectivity index (χ2n) is 5.35. The zero-order valence-electron chi connectivity index (χ0n) is 14.4. The van der Waals surface area contributed by atoms with E-state index in [1.165, 1.54) is 35.2 Å². The number of hydrogen-bond acceptors (Lipinski definition) is 6. The fraction of sp³-hybridized carbons (Fsp3) is 0.105. The van der Waals surface area contributed by atoms with E-state index in [0.717, 1.165) is 11.3 Å². The van der Waals surface area contributed by atoms with Crippen molar-refractivity contribution in [3.63, 3.8) is 0 Å². The van der Waals surface area contributed by atoms with Gasteiger partial charge in [-0.1, -0.05) is 53.4 Å². The molecule has 27 heavy (non-hydrogen) atoms. The molecule has 3 rings (SSSR count). The van der Waals surface area contributed by atoms with Crippen LogP contribution in [-0.2, 0) is 10.5 Å². The van der Waals surface area contributed by atoms with Crippen LogP contribution in [-0.4, -0.2) is 23.2 Å². The van der Waals surface area contributed by atoms with Crippen LogP contribution in [0.1, 0.15) is 11.1 Å². The Kier molecular flexibility index (Phi) is 6.56. The van der Waals surface area contributed by atoms with Gasteiger partial charge < -0.3 is 4.74 Å². The molecule has 5 nitrogen and oxygen atoms in total. The van der Waals surface area contributed by atoms with Crippen molar-refractivity contribution in [2.75, 3.05) is 12.4 Å². The van der Waals surface area contributed by atoms with Crippen LogP contribution in [0, 0.1) is 5.82 Å². The Morgan fingerprint density at radius 2 is 2.11 bits per heavy atom. The molecular formula is C19H16FN3O2S2. The van der Waals surface area contributed by atoms with E-state index in [1.807, 2.05) is 24.3 Å². The number of methoxy groups -OCH3 is 1. The van der Waals surface area contributed by atoms with Gasteiger partial charge in [0.2, 0.25) is 11.0 Å². The molecule has 0 aliphatic rings. The minimum absolute atomic E-state index is 0.245. The van der Waals surface area contributed by atoms with Crippen LogP contribution in [0.5, 0.6) is 5.75 Å². The van der Waals surface area contributed by atoms with Gasteiger partial charge in [-0.3, -0.25) is 10.1 Å². The summed E-state index contributed by atoms with van der Waals surface area (Å²) >= 11 is 2.62. The first-order valence-corrected chi connectivity index (χ1v) is 9.77. The number of carbonyl (C=O) groups is 1. The van der Waals surface area contributed by atoms with E-state index in [4.69, 9.17) is 4.74 Å². The molecule has 2 aromatic carbocycles. The number of nitrogens with zero attached hydrogens (tertiary/aromatic N) is 2. The zero-order chi connectivity index (χ0) is 19.1. The van der Waals surface area contributed by atoms with Gasteiger partial charge in [-0.25, -0.2) is 4.39 Å². The van der Waals surface area contributed by atoms with Crippen molar-refractivity contribution in [2.45, 2.75) is 10.1 Å². The van der Waals surface area contributed by atoms with Crippen molar-refractivity contribution in [3.05, 3.63) is 71.6 Å². The number of hydrogen-bond donors (Lipinski definition) is 1. The average Bonchev–Trinajstić information content (AvgIpc) is 3.13. The number of anilines is 1. The zero-order valence-corrected chi connectivity index (χ0v) is 16.0. The summed E-state index contributed by atoms with van der Waals surface area (Å²) in [7, 11) is 1.59. The Morgan fingerprint density at radius 3 is 2.93 bits per heavy atom. The first-order chi connectivity index (χ1) is 13.1. The summed E-state index contributed by atoms with van der Waals surface area (Å²) in [5.74, 6) is 0.619. The molecule has 0 aliphatic heterocycles. The van der Waals surface area contributed by atoms with Crippen LogP contribution in [0.2, 0.25) is 0 Å². The van der Waals surface area contributed by atoms with E-state index < -0.39 is 0 Å². The summed E-state index contributed by atoms with van der Waals surface area (Å²) < 4.78 is 19.4. The van der Waals surface area contributed by atoms with Gasteiger partial charge >= 0.3 is 0 Å². The summed E-state index contributed by atoms with van der Waals surface area (Å²) in [6, 6.07) is 14.0. The highest BCUT2D eigenvalue weighted by Gasteiger charge is 2.08. The lowest BCUT2D eigenvalue weighted by Gasteiger charge is -2.00. The number of thioether (sulfide) groups is 1. The molecule has 0 fully saturated rings. The molecular weight excluding hydrogens is 385 g/mol. The third-order valence-electron chi connectivity index (χ3n) is 3.47. The predicted molar refractivity (Wildman–Crippen MR) is 107 cm³/mol. The highest BCUT2D eigenvalue weighted by Crippen LogP contribution is 2.29. The SMILES string of the molecule is COc1cccc(/C=C/C(=O)Nc2nnc(SCc3ccccc3F)s2)c1. The molecule has 0 radical (unpaired) electrons. The minimum atomic E-state index is -0.306. The second kappa shape index (κ2) is 9.29. The van der Waals surface area contributed by atoms with Crippen molar-refractivity contribution in [1.29, 1.82) is 0 Å². The lowest BCUT2D eigenvalue weighted by molar-refractivity contribution is -0.111. The molecule has 1 N–H and O–H groups in total. The second-order valence-corrected chi connectivity index (χ2v) is 7.55. The topological polar surface area (TPSA) is 64.1 Å². The molecule has 0 atom stereocenters. The third kappa shape index (κ3) is 5.63. The van der Waals surface area contributed by atoms with Crippen LogP contribution in [0.3, 0.4) is 0 Å². The van der Waals surface area contributed by atoms with E-state index >= 15 is 0 Å². The minimum Gasteiger partial charge on any atom is -0.497 e. The number of halogens is 1. The molecule has 0 saturated carbocycles. The van der Waals surface area contributed by atoms with Gasteiger partial charge in [-0.05, 0) is 35.4 Å². The van der Waals surface area contributed by atoms with Crippen molar-refractivity contribution in [1.82, 2.24) is 10.2 Å². The van der Waals surface area contributed by atoms with Crippen molar-refractivity contribution < 1.29 is 13.9 Å². The van der Waals surface area contributed by atoms with Gasteiger partial charge in [-0.2, -0.15) is 0 Å². The highest BCUT2D eigenvalue weighted by molar-refractivity contribution is 8.00. The Bertz CT molecular complexity index is 959. The summed E-state index contributed by atoms with van der Waals surface area (Å²) in [6.45, 7) is 0. The Morgan fingerprint density at radius 1 is 1.26 bits per heavy atom. The van der Waals surface area contributed by atoms with Crippen LogP contribution >= 0.6 is 23.1 Å². The average molecular weight is 401 g/mol. The van der Waals surface area contributed by atoms with Gasteiger partial charge in [0.05, 0.1) is 7.11 Å². The Labute approximate surface area is 164 Å². The van der Waals surface area contributed by atoms with Crippen molar-refractivity contribution in [2.24, 2.45) is 0 Å². The molecule has 0 bridgehead atoms. The van der Waals surface area contributed by atoms with E-state index in [0.29, 0.717) is 20.8 Å². The quantitative estimate of drug-likeness (QED) is 0.355. The maximum Gasteiger partial charge on any atom is 0.250 e. The van der Waals surface area contributed by atoms with Gasteiger partial charge in [0.15, 0.2) is 4.34 Å². The fourth-order valence-corrected chi connectivity index (χ4v) is 3.88. The first-order valence-electron chi connectivity index (χ1n) is 7.97. The van der Waals surface area contributed by atoms with Gasteiger partial charge in [-0.15, -0.1) is 10.2 Å². The lowest BCUT2D eigenvalue weighted by Crippen LogP contribution is -2.07. The van der Waals surface area contributed by atoms with Crippen LogP contribution in [0.25, 0.3) is 6.08 Å². The molecule has 0 aliphatic carbocycles. The number of aromatic nitrogens is 2. The number of carbonyl (C=O) groups excluding carboxylic acids is 1. The van der Waals surface area contributed by atoms with E-state index in [1.54, 1.807) is 31.4 Å². The normalized spacial score (nSPS) is 10.9. The molecule has 8 heteroatoms. The smallest absolute Gasteiger partial charge is 0.250 e. The van der Waals surface area contributed by atoms with Crippen LogP contribution < -0.4 is 10.1 Å². The summed E-state index contributed by atoms with van der Waals surface area (Å²) in [5, 5.41) is 11.0. The maximum absolute atomic E-state index is 13.6. The summed E-state index contributed by atoms with van der Waals surface area (Å²) in [5.41, 5.74) is 1.45. The highest BCUT2D eigenvalue weighted by atomic mass is 32.2. The maximum atomic E-state index is 13.6. The van der Waals surface area contributed by atoms with E-state index in [2.05, 4.69) is 15.5 Å². The number of ether oxygens (including phenoxy) is 1. The number of amides is 1. The third-order valence-corrected chi connectivity index (χ3v) is 5.49. The molecule has 0 spiro atoms. The molecule has 3 aromatic rings. The van der Waals surface area contributed by atoms with E-state index in [-0.39, 0.29) is 11.7 Å². The molecule has 1 amide bonds. The van der Waals surface area contributed by atoms with Gasteiger partial charge in [0.1, 0.15) is 11.6 Å². The number of nitrogens with one attached hydrogen (secondary N) is 1. The molecule has 1 heterocycles. The van der Waals surface area contributed by atoms with Crippen molar-refractivity contribution >= 4 is 40.2 Å². The summed E-state index contributed by atoms with van der Waals surface area (Å²) in [6.07, 6.45) is 3.11.